The van der Waals surface area contributed by atoms with Crippen molar-refractivity contribution >= 4 is 23.3 Å². The van der Waals surface area contributed by atoms with Crippen molar-refractivity contribution in [3.63, 3.8) is 0 Å². The molecule has 0 aliphatic carbocycles. The van der Waals surface area contributed by atoms with Crippen molar-refractivity contribution in [1.29, 1.82) is 0 Å². The topological polar surface area (TPSA) is 71.5 Å². The summed E-state index contributed by atoms with van der Waals surface area (Å²) in [5, 5.41) is 3.05. The molecule has 1 unspecified atom stereocenters. The average molecular weight is 339 g/mol. The Morgan fingerprint density at radius 2 is 2.00 bits per heavy atom. The van der Waals surface area contributed by atoms with Gasteiger partial charge in [-0.3, -0.25) is 9.59 Å². The Hall–Kier alpha value is -2.89. The van der Waals surface area contributed by atoms with Crippen molar-refractivity contribution in [2.75, 3.05) is 16.8 Å². The fourth-order valence-corrected chi connectivity index (χ4v) is 2.72. The number of ether oxygens (including phenoxy) is 1. The van der Waals surface area contributed by atoms with Crippen LogP contribution in [0.5, 0.6) is 5.75 Å². The predicted octanol–water partition coefficient (Wildman–Crippen LogP) is 2.92. The monoisotopic (exact) mass is 339 g/mol. The summed E-state index contributed by atoms with van der Waals surface area (Å²) < 4.78 is 5.53. The summed E-state index contributed by atoms with van der Waals surface area (Å²) in [6.45, 7) is 4.62. The molecule has 6 nitrogen and oxygen atoms in total. The summed E-state index contributed by atoms with van der Waals surface area (Å²) >= 11 is 0. The summed E-state index contributed by atoms with van der Waals surface area (Å²) in [6, 6.07) is 10.1. The molecule has 2 aromatic rings. The average Bonchev–Trinajstić information content (AvgIpc) is 2.87. The molecule has 2 amide bonds. The van der Waals surface area contributed by atoms with Crippen LogP contribution in [0.1, 0.15) is 25.3 Å². The second-order valence-electron chi connectivity index (χ2n) is 6.03. The first-order chi connectivity index (χ1) is 12.1. The maximum absolute atomic E-state index is 12.6. The first-order valence-corrected chi connectivity index (χ1v) is 8.37. The second kappa shape index (κ2) is 7.34. The van der Waals surface area contributed by atoms with Crippen LogP contribution in [0, 0.1) is 6.92 Å². The largest absolute Gasteiger partial charge is 0.494 e. The van der Waals surface area contributed by atoms with Crippen LogP contribution in [-0.4, -0.2) is 29.4 Å². The van der Waals surface area contributed by atoms with Crippen LogP contribution >= 0.6 is 0 Å². The number of amides is 2. The molecule has 1 aromatic carbocycles. The summed E-state index contributed by atoms with van der Waals surface area (Å²) in [5.41, 5.74) is 1.59. The number of anilines is 2. The standard InChI is InChI=1S/C19H21N3O3/c1-3-10-25-15-6-4-14(5-7-15)22-18(23)12-16(19(22)24)21-17-11-13(2)8-9-20-17/h4-9,11,16H,3,10,12H2,1-2H3,(H,20,21). The van der Waals surface area contributed by atoms with Gasteiger partial charge < -0.3 is 10.1 Å². The second-order valence-corrected chi connectivity index (χ2v) is 6.03. The zero-order valence-electron chi connectivity index (χ0n) is 14.4. The highest BCUT2D eigenvalue weighted by Gasteiger charge is 2.39. The fourth-order valence-electron chi connectivity index (χ4n) is 2.72. The molecule has 1 N–H and O–H groups in total. The van der Waals surface area contributed by atoms with Crippen LogP contribution in [0.15, 0.2) is 42.6 Å². The highest BCUT2D eigenvalue weighted by Crippen LogP contribution is 2.26. The number of hydrogen-bond acceptors (Lipinski definition) is 5. The Bertz CT molecular complexity index is 774. The molecule has 1 fully saturated rings. The van der Waals surface area contributed by atoms with E-state index in [1.807, 2.05) is 26.0 Å². The van der Waals surface area contributed by atoms with Crippen molar-refractivity contribution in [3.05, 3.63) is 48.2 Å². The van der Waals surface area contributed by atoms with E-state index in [2.05, 4.69) is 10.3 Å². The van der Waals surface area contributed by atoms with Gasteiger partial charge in [-0.1, -0.05) is 6.92 Å². The van der Waals surface area contributed by atoms with Gasteiger partial charge in [-0.15, -0.1) is 0 Å². The van der Waals surface area contributed by atoms with E-state index in [9.17, 15) is 9.59 Å². The van der Waals surface area contributed by atoms with Gasteiger partial charge >= 0.3 is 0 Å². The van der Waals surface area contributed by atoms with Gasteiger partial charge in [-0.25, -0.2) is 9.88 Å². The van der Waals surface area contributed by atoms with E-state index in [1.54, 1.807) is 30.5 Å². The lowest BCUT2D eigenvalue weighted by atomic mass is 10.2. The molecule has 2 heterocycles. The van der Waals surface area contributed by atoms with Gasteiger partial charge in [-0.2, -0.15) is 0 Å². The molecule has 6 heteroatoms. The molecule has 0 bridgehead atoms. The van der Waals surface area contributed by atoms with Crippen molar-refractivity contribution in [2.45, 2.75) is 32.7 Å². The number of hydrogen-bond donors (Lipinski definition) is 1. The van der Waals surface area contributed by atoms with Crippen LogP contribution in [-0.2, 0) is 9.59 Å². The van der Waals surface area contributed by atoms with Crippen molar-refractivity contribution in [2.24, 2.45) is 0 Å². The number of carbonyl (C=O) groups excluding carboxylic acids is 2. The van der Waals surface area contributed by atoms with Gasteiger partial charge in [0.15, 0.2) is 0 Å². The molecule has 25 heavy (non-hydrogen) atoms. The van der Waals surface area contributed by atoms with Crippen LogP contribution in [0.2, 0.25) is 0 Å². The molecule has 1 aromatic heterocycles. The fraction of sp³-hybridized carbons (Fsp3) is 0.316. The Kier molecular flexibility index (Phi) is 4.97. The van der Waals surface area contributed by atoms with Crippen molar-refractivity contribution < 1.29 is 14.3 Å². The molecule has 130 valence electrons. The molecule has 0 saturated carbocycles. The Labute approximate surface area is 146 Å². The molecule has 1 saturated heterocycles. The van der Waals surface area contributed by atoms with Gasteiger partial charge in [0, 0.05) is 6.20 Å². The van der Waals surface area contributed by atoms with E-state index < -0.39 is 6.04 Å². The van der Waals surface area contributed by atoms with Gasteiger partial charge in [0.05, 0.1) is 18.7 Å². The summed E-state index contributed by atoms with van der Waals surface area (Å²) in [7, 11) is 0. The van der Waals surface area contributed by atoms with E-state index in [0.717, 1.165) is 17.7 Å². The lowest BCUT2D eigenvalue weighted by Crippen LogP contribution is -2.34. The molecular formula is C19H21N3O3. The molecule has 1 aliphatic rings. The van der Waals surface area contributed by atoms with Gasteiger partial charge in [0.25, 0.3) is 5.91 Å². The molecule has 3 rings (SSSR count). The Balaban J connectivity index is 1.72. The Morgan fingerprint density at radius 1 is 1.24 bits per heavy atom. The zero-order valence-corrected chi connectivity index (χ0v) is 14.4. The minimum atomic E-state index is -0.599. The maximum Gasteiger partial charge on any atom is 0.256 e. The third kappa shape index (κ3) is 3.79. The van der Waals surface area contributed by atoms with E-state index in [1.165, 1.54) is 4.90 Å². The summed E-state index contributed by atoms with van der Waals surface area (Å²) in [4.78, 5) is 30.4. The van der Waals surface area contributed by atoms with Crippen LogP contribution < -0.4 is 15.0 Å². The maximum atomic E-state index is 12.6. The molecular weight excluding hydrogens is 318 g/mol. The third-order valence-corrected chi connectivity index (χ3v) is 3.95. The third-order valence-electron chi connectivity index (χ3n) is 3.95. The first kappa shape index (κ1) is 17.0. The lowest BCUT2D eigenvalue weighted by Gasteiger charge is -2.16. The highest BCUT2D eigenvalue weighted by molar-refractivity contribution is 6.23. The first-order valence-electron chi connectivity index (χ1n) is 8.37. The van der Waals surface area contributed by atoms with E-state index in [0.29, 0.717) is 18.1 Å². The van der Waals surface area contributed by atoms with E-state index >= 15 is 0 Å². The number of rotatable bonds is 6. The van der Waals surface area contributed by atoms with Crippen LogP contribution in [0.3, 0.4) is 0 Å². The number of nitrogens with zero attached hydrogens (tertiary/aromatic N) is 2. The minimum Gasteiger partial charge on any atom is -0.494 e. The molecule has 1 aliphatic heterocycles. The van der Waals surface area contributed by atoms with Gasteiger partial charge in [-0.05, 0) is 55.3 Å². The van der Waals surface area contributed by atoms with E-state index in [-0.39, 0.29) is 18.2 Å². The number of imide groups is 1. The number of carbonyl (C=O) groups is 2. The quantitative estimate of drug-likeness (QED) is 0.819. The van der Waals surface area contributed by atoms with Gasteiger partial charge in [0.2, 0.25) is 5.91 Å². The number of benzene rings is 1. The van der Waals surface area contributed by atoms with Crippen LogP contribution in [0.25, 0.3) is 0 Å². The summed E-state index contributed by atoms with van der Waals surface area (Å²) in [5.74, 6) is 0.826. The number of aryl methyl sites for hydroxylation is 1. The zero-order chi connectivity index (χ0) is 17.8. The predicted molar refractivity (Wildman–Crippen MR) is 95.7 cm³/mol. The van der Waals surface area contributed by atoms with Gasteiger partial charge in [0.1, 0.15) is 17.6 Å². The normalized spacial score (nSPS) is 17.0. The van der Waals surface area contributed by atoms with Crippen molar-refractivity contribution in [1.82, 2.24) is 4.98 Å². The lowest BCUT2D eigenvalue weighted by molar-refractivity contribution is -0.121. The smallest absolute Gasteiger partial charge is 0.256 e. The summed E-state index contributed by atoms with van der Waals surface area (Å²) in [6.07, 6.45) is 2.71. The molecule has 1 atom stereocenters. The highest BCUT2D eigenvalue weighted by atomic mass is 16.5. The number of pyridine rings is 1. The Morgan fingerprint density at radius 3 is 2.68 bits per heavy atom. The SMILES string of the molecule is CCCOc1ccc(N2C(=O)CC(Nc3cc(C)ccn3)C2=O)cc1. The number of nitrogens with one attached hydrogen (secondary N) is 1. The molecule has 0 radical (unpaired) electrons. The molecule has 0 spiro atoms. The number of aromatic nitrogens is 1. The van der Waals surface area contributed by atoms with E-state index in [4.69, 9.17) is 4.74 Å². The van der Waals surface area contributed by atoms with Crippen LogP contribution in [0.4, 0.5) is 11.5 Å². The minimum absolute atomic E-state index is 0.114. The van der Waals surface area contributed by atoms with Crippen molar-refractivity contribution in [3.8, 4) is 5.75 Å².